The number of benzene rings is 1. The van der Waals surface area contributed by atoms with E-state index in [9.17, 15) is 0 Å². The number of hydrogen-bond acceptors (Lipinski definition) is 1. The van der Waals surface area contributed by atoms with Gasteiger partial charge < -0.3 is 0 Å². The number of thiophene rings is 1. The normalized spacial score (nSPS) is 12.7. The lowest BCUT2D eigenvalue weighted by Gasteiger charge is -2.20. The predicted octanol–water partition coefficient (Wildman–Crippen LogP) is 5.87. The average molecular weight is 293 g/mol. The summed E-state index contributed by atoms with van der Waals surface area (Å²) in [7, 11) is 0. The highest BCUT2D eigenvalue weighted by atomic mass is 35.5. The summed E-state index contributed by atoms with van der Waals surface area (Å²) >= 11 is 8.60. The van der Waals surface area contributed by atoms with Gasteiger partial charge in [-0.3, -0.25) is 0 Å². The van der Waals surface area contributed by atoms with E-state index in [2.05, 4.69) is 52.1 Å². The van der Waals surface area contributed by atoms with E-state index in [1.165, 1.54) is 38.3 Å². The molecule has 2 aromatic rings. The third kappa shape index (κ3) is 2.59. The van der Waals surface area contributed by atoms with Gasteiger partial charge in [0.05, 0.1) is 5.38 Å². The van der Waals surface area contributed by atoms with Crippen LogP contribution in [0.5, 0.6) is 0 Å². The molecule has 1 heterocycles. The lowest BCUT2D eigenvalue weighted by atomic mass is 9.91. The highest BCUT2D eigenvalue weighted by Crippen LogP contribution is 2.39. The molecule has 1 aromatic carbocycles. The van der Waals surface area contributed by atoms with Crippen LogP contribution in [-0.4, -0.2) is 0 Å². The quantitative estimate of drug-likeness (QED) is 0.620. The summed E-state index contributed by atoms with van der Waals surface area (Å²) in [6.45, 7) is 10.9. The van der Waals surface area contributed by atoms with Crippen LogP contribution in [0.3, 0.4) is 0 Å². The van der Waals surface area contributed by atoms with Crippen molar-refractivity contribution in [2.75, 3.05) is 0 Å². The zero-order valence-electron chi connectivity index (χ0n) is 12.3. The van der Waals surface area contributed by atoms with E-state index in [1.807, 2.05) is 0 Å². The van der Waals surface area contributed by atoms with Gasteiger partial charge in [0.15, 0.2) is 0 Å². The second-order valence-electron chi connectivity index (χ2n) is 5.20. The Labute approximate surface area is 125 Å². The van der Waals surface area contributed by atoms with Crippen molar-refractivity contribution in [3.8, 4) is 0 Å². The highest BCUT2D eigenvalue weighted by molar-refractivity contribution is 7.10. The zero-order chi connectivity index (χ0) is 14.2. The first-order valence-electron chi connectivity index (χ1n) is 6.75. The molecule has 0 spiro atoms. The molecular formula is C17H21ClS. The Hall–Kier alpha value is -0.790. The van der Waals surface area contributed by atoms with Crippen LogP contribution in [0.2, 0.25) is 0 Å². The van der Waals surface area contributed by atoms with Crippen LogP contribution in [0.25, 0.3) is 0 Å². The first kappa shape index (κ1) is 14.6. The lowest BCUT2D eigenvalue weighted by Crippen LogP contribution is -2.03. The standard InChI is InChI=1S/C17H21ClS/c1-6-14-7-8-19-17(14)16(18)15-12(4)10(2)9-11(3)13(15)5/h7-9,16H,6H2,1-5H3. The van der Waals surface area contributed by atoms with Crippen molar-refractivity contribution in [3.63, 3.8) is 0 Å². The van der Waals surface area contributed by atoms with Crippen molar-refractivity contribution < 1.29 is 0 Å². The summed E-state index contributed by atoms with van der Waals surface area (Å²) in [5, 5.41) is 2.13. The molecule has 1 atom stereocenters. The fourth-order valence-corrected chi connectivity index (χ4v) is 4.22. The van der Waals surface area contributed by atoms with Gasteiger partial charge in [0, 0.05) is 4.88 Å². The minimum atomic E-state index is -0.0199. The van der Waals surface area contributed by atoms with Crippen molar-refractivity contribution in [1.82, 2.24) is 0 Å². The summed E-state index contributed by atoms with van der Waals surface area (Å²) in [5.41, 5.74) is 8.01. The molecule has 2 rings (SSSR count). The molecule has 0 saturated carbocycles. The summed E-state index contributed by atoms with van der Waals surface area (Å²) in [6.07, 6.45) is 1.05. The SMILES string of the molecule is CCc1ccsc1C(Cl)c1c(C)c(C)cc(C)c1C. The Morgan fingerprint density at radius 3 is 2.21 bits per heavy atom. The number of hydrogen-bond donors (Lipinski definition) is 0. The summed E-state index contributed by atoms with van der Waals surface area (Å²) in [4.78, 5) is 1.31. The maximum absolute atomic E-state index is 6.82. The topological polar surface area (TPSA) is 0 Å². The van der Waals surface area contributed by atoms with E-state index >= 15 is 0 Å². The number of aryl methyl sites for hydroxylation is 3. The molecule has 102 valence electrons. The van der Waals surface area contributed by atoms with Gasteiger partial charge in [0.2, 0.25) is 0 Å². The van der Waals surface area contributed by atoms with Gasteiger partial charge in [-0.2, -0.15) is 0 Å². The van der Waals surface area contributed by atoms with Gasteiger partial charge in [-0.15, -0.1) is 22.9 Å². The van der Waals surface area contributed by atoms with Gasteiger partial charge >= 0.3 is 0 Å². The molecule has 0 nitrogen and oxygen atoms in total. The highest BCUT2D eigenvalue weighted by Gasteiger charge is 2.21. The van der Waals surface area contributed by atoms with E-state index < -0.39 is 0 Å². The Kier molecular flexibility index (Phi) is 4.37. The van der Waals surface area contributed by atoms with E-state index in [1.54, 1.807) is 11.3 Å². The van der Waals surface area contributed by atoms with E-state index in [0.29, 0.717) is 0 Å². The monoisotopic (exact) mass is 292 g/mol. The molecule has 0 N–H and O–H groups in total. The van der Waals surface area contributed by atoms with Crippen LogP contribution < -0.4 is 0 Å². The lowest BCUT2D eigenvalue weighted by molar-refractivity contribution is 1.03. The molecule has 0 fully saturated rings. The van der Waals surface area contributed by atoms with Gasteiger partial charge in [-0.1, -0.05) is 13.0 Å². The molecule has 0 saturated heterocycles. The molecule has 1 unspecified atom stereocenters. The Morgan fingerprint density at radius 1 is 1.11 bits per heavy atom. The zero-order valence-corrected chi connectivity index (χ0v) is 13.9. The molecule has 0 bridgehead atoms. The number of halogens is 1. The Bertz CT molecular complexity index is 569. The van der Waals surface area contributed by atoms with E-state index in [-0.39, 0.29) is 5.38 Å². The third-order valence-electron chi connectivity index (χ3n) is 4.07. The van der Waals surface area contributed by atoms with Crippen LogP contribution in [0, 0.1) is 27.7 Å². The van der Waals surface area contributed by atoms with Crippen LogP contribution in [0.4, 0.5) is 0 Å². The van der Waals surface area contributed by atoms with Crippen molar-refractivity contribution in [2.24, 2.45) is 0 Å². The fraction of sp³-hybridized carbons (Fsp3) is 0.412. The molecule has 0 amide bonds. The van der Waals surface area contributed by atoms with Crippen molar-refractivity contribution >= 4 is 22.9 Å². The largest absolute Gasteiger partial charge is 0.147 e. The van der Waals surface area contributed by atoms with Crippen LogP contribution in [-0.2, 0) is 6.42 Å². The van der Waals surface area contributed by atoms with Gasteiger partial charge in [-0.25, -0.2) is 0 Å². The van der Waals surface area contributed by atoms with E-state index in [4.69, 9.17) is 11.6 Å². The van der Waals surface area contributed by atoms with Gasteiger partial charge in [0.25, 0.3) is 0 Å². The van der Waals surface area contributed by atoms with Crippen LogP contribution in [0.15, 0.2) is 17.5 Å². The molecule has 0 aliphatic rings. The van der Waals surface area contributed by atoms with Crippen LogP contribution >= 0.6 is 22.9 Å². The van der Waals surface area contributed by atoms with Gasteiger partial charge in [0.1, 0.15) is 0 Å². The third-order valence-corrected chi connectivity index (χ3v) is 5.66. The summed E-state index contributed by atoms with van der Waals surface area (Å²) in [6, 6.07) is 4.45. The molecule has 0 radical (unpaired) electrons. The maximum atomic E-state index is 6.82. The predicted molar refractivity (Wildman–Crippen MR) is 86.8 cm³/mol. The van der Waals surface area contributed by atoms with Crippen LogP contribution in [0.1, 0.15) is 50.6 Å². The van der Waals surface area contributed by atoms with Crippen molar-refractivity contribution in [1.29, 1.82) is 0 Å². The fourth-order valence-electron chi connectivity index (χ4n) is 2.62. The summed E-state index contributed by atoms with van der Waals surface area (Å²) < 4.78 is 0. The Morgan fingerprint density at radius 2 is 1.68 bits per heavy atom. The first-order valence-corrected chi connectivity index (χ1v) is 8.06. The van der Waals surface area contributed by atoms with Crippen molar-refractivity contribution in [2.45, 2.75) is 46.4 Å². The molecule has 19 heavy (non-hydrogen) atoms. The molecule has 1 aromatic heterocycles. The van der Waals surface area contributed by atoms with Gasteiger partial charge in [-0.05, 0) is 78.9 Å². The smallest absolute Gasteiger partial charge is 0.0935 e. The molecular weight excluding hydrogens is 272 g/mol. The average Bonchev–Trinajstić information content (AvgIpc) is 2.84. The summed E-state index contributed by atoms with van der Waals surface area (Å²) in [5.74, 6) is 0. The number of alkyl halides is 1. The van der Waals surface area contributed by atoms with Crippen molar-refractivity contribution in [3.05, 3.63) is 55.8 Å². The first-order chi connectivity index (χ1) is 8.97. The maximum Gasteiger partial charge on any atom is 0.0935 e. The van der Waals surface area contributed by atoms with E-state index in [0.717, 1.165) is 6.42 Å². The minimum absolute atomic E-state index is 0.0199. The second-order valence-corrected chi connectivity index (χ2v) is 6.58. The molecule has 0 aliphatic heterocycles. The Balaban J connectivity index is 2.59. The number of rotatable bonds is 3. The minimum Gasteiger partial charge on any atom is -0.147 e. The molecule has 2 heteroatoms. The second kappa shape index (κ2) is 5.68. The molecule has 0 aliphatic carbocycles.